The molecule has 5 nitrogen and oxygen atoms in total. The first-order valence-corrected chi connectivity index (χ1v) is 7.52. The van der Waals surface area contributed by atoms with Crippen molar-refractivity contribution in [3.8, 4) is 0 Å². The van der Waals surface area contributed by atoms with E-state index in [0.29, 0.717) is 5.69 Å². The van der Waals surface area contributed by atoms with Crippen molar-refractivity contribution in [2.45, 2.75) is 33.7 Å². The fourth-order valence-electron chi connectivity index (χ4n) is 1.99. The fraction of sp³-hybridized carbons (Fsp3) is 0.571. The van der Waals surface area contributed by atoms with Gasteiger partial charge in [-0.15, -0.1) is 0 Å². The lowest BCUT2D eigenvalue weighted by Gasteiger charge is -2.17. The smallest absolute Gasteiger partial charge is 0.308 e. The van der Waals surface area contributed by atoms with Crippen LogP contribution in [0.15, 0.2) is 16.7 Å². The van der Waals surface area contributed by atoms with E-state index in [1.807, 2.05) is 31.5 Å². The average Bonchev–Trinajstić information content (AvgIpc) is 2.70. The Hall–Kier alpha value is -1.30. The Morgan fingerprint density at radius 2 is 2.10 bits per heavy atom. The molecule has 1 atom stereocenters. The van der Waals surface area contributed by atoms with Crippen LogP contribution >= 0.6 is 15.9 Å². The molecule has 1 rings (SSSR count). The number of halogens is 1. The van der Waals surface area contributed by atoms with Crippen molar-refractivity contribution >= 4 is 27.8 Å². The Kier molecular flexibility index (Phi) is 6.26. The summed E-state index contributed by atoms with van der Waals surface area (Å²) >= 11 is 3.35. The van der Waals surface area contributed by atoms with Crippen molar-refractivity contribution < 1.29 is 14.7 Å². The van der Waals surface area contributed by atoms with E-state index in [9.17, 15) is 9.59 Å². The third-order valence-electron chi connectivity index (χ3n) is 3.16. The summed E-state index contributed by atoms with van der Waals surface area (Å²) < 4.78 is 2.71. The Labute approximate surface area is 127 Å². The number of aryl methyl sites for hydroxylation is 1. The molecule has 1 unspecified atom stereocenters. The first-order valence-electron chi connectivity index (χ1n) is 6.73. The maximum absolute atomic E-state index is 12.2. The molecule has 0 spiro atoms. The first kappa shape index (κ1) is 16.8. The standard InChI is InChI=1S/C14H21BrN2O3/c1-4-5-17-8-10(15)6-12(17)13(18)16-7-11(9(2)3)14(19)20/h6,8-9,11H,4-5,7H2,1-3H3,(H,16,18)(H,19,20). The molecule has 1 heterocycles. The van der Waals surface area contributed by atoms with E-state index >= 15 is 0 Å². The number of nitrogens with one attached hydrogen (secondary N) is 1. The van der Waals surface area contributed by atoms with Crippen molar-refractivity contribution in [1.82, 2.24) is 9.88 Å². The van der Waals surface area contributed by atoms with Crippen LogP contribution in [-0.4, -0.2) is 28.1 Å². The summed E-state index contributed by atoms with van der Waals surface area (Å²) in [7, 11) is 0. The minimum absolute atomic E-state index is 0.0260. The Morgan fingerprint density at radius 1 is 1.45 bits per heavy atom. The summed E-state index contributed by atoms with van der Waals surface area (Å²) in [5.74, 6) is -1.72. The summed E-state index contributed by atoms with van der Waals surface area (Å²) in [6, 6.07) is 1.75. The van der Waals surface area contributed by atoms with Gasteiger partial charge in [-0.05, 0) is 34.3 Å². The molecule has 0 fully saturated rings. The normalized spacial score (nSPS) is 12.4. The third kappa shape index (κ3) is 4.37. The number of nitrogens with zero attached hydrogens (tertiary/aromatic N) is 1. The van der Waals surface area contributed by atoms with Gasteiger partial charge < -0.3 is 15.0 Å². The van der Waals surface area contributed by atoms with E-state index in [1.54, 1.807) is 6.07 Å². The number of carboxylic acid groups (broad SMARTS) is 1. The second kappa shape index (κ2) is 7.47. The maximum Gasteiger partial charge on any atom is 0.308 e. The molecule has 0 saturated heterocycles. The van der Waals surface area contributed by atoms with Crippen molar-refractivity contribution in [2.75, 3.05) is 6.54 Å². The SMILES string of the molecule is CCCn1cc(Br)cc1C(=O)NCC(C(=O)O)C(C)C. The van der Waals surface area contributed by atoms with Crippen molar-refractivity contribution in [3.63, 3.8) is 0 Å². The zero-order valence-corrected chi connectivity index (χ0v) is 13.6. The number of carbonyl (C=O) groups excluding carboxylic acids is 1. The summed E-state index contributed by atoms with van der Waals surface area (Å²) in [5.41, 5.74) is 0.548. The molecule has 0 radical (unpaired) electrons. The van der Waals surface area contributed by atoms with Gasteiger partial charge in [-0.3, -0.25) is 9.59 Å². The predicted molar refractivity (Wildman–Crippen MR) is 80.7 cm³/mol. The number of carbonyl (C=O) groups is 2. The van der Waals surface area contributed by atoms with Gasteiger partial charge in [0.25, 0.3) is 5.91 Å². The van der Waals surface area contributed by atoms with Crippen molar-refractivity contribution in [2.24, 2.45) is 11.8 Å². The molecule has 0 aliphatic carbocycles. The predicted octanol–water partition coefficient (Wildman–Crippen LogP) is 2.75. The summed E-state index contributed by atoms with van der Waals surface area (Å²) in [6.45, 7) is 6.60. The van der Waals surface area contributed by atoms with Gasteiger partial charge in [0, 0.05) is 23.8 Å². The zero-order chi connectivity index (χ0) is 15.3. The number of aliphatic carboxylic acids is 1. The van der Waals surface area contributed by atoms with Crippen molar-refractivity contribution in [1.29, 1.82) is 0 Å². The van der Waals surface area contributed by atoms with Gasteiger partial charge in [0.05, 0.1) is 5.92 Å². The van der Waals surface area contributed by atoms with Gasteiger partial charge in [0.1, 0.15) is 5.69 Å². The van der Waals surface area contributed by atoms with Crippen molar-refractivity contribution in [3.05, 3.63) is 22.4 Å². The molecule has 112 valence electrons. The van der Waals surface area contributed by atoms with Crippen LogP contribution in [0.2, 0.25) is 0 Å². The fourth-order valence-corrected chi connectivity index (χ4v) is 2.46. The lowest BCUT2D eigenvalue weighted by molar-refractivity contribution is -0.142. The number of aromatic nitrogens is 1. The Balaban J connectivity index is 2.74. The molecule has 0 aliphatic heterocycles. The van der Waals surface area contributed by atoms with Crippen LogP contribution in [0, 0.1) is 11.8 Å². The van der Waals surface area contributed by atoms with Crippen LogP contribution in [0.25, 0.3) is 0 Å². The highest BCUT2D eigenvalue weighted by Gasteiger charge is 2.23. The Bertz CT molecular complexity index is 483. The molecule has 0 saturated carbocycles. The second-order valence-corrected chi connectivity index (χ2v) is 6.05. The molecule has 1 aromatic rings. The van der Waals surface area contributed by atoms with Gasteiger partial charge in [0.15, 0.2) is 0 Å². The van der Waals surface area contributed by atoms with Gasteiger partial charge in [0.2, 0.25) is 0 Å². The Morgan fingerprint density at radius 3 is 2.60 bits per heavy atom. The van der Waals surface area contributed by atoms with E-state index in [0.717, 1.165) is 17.4 Å². The highest BCUT2D eigenvalue weighted by molar-refractivity contribution is 9.10. The topological polar surface area (TPSA) is 71.3 Å². The van der Waals surface area contributed by atoms with Crippen LogP contribution in [0.4, 0.5) is 0 Å². The highest BCUT2D eigenvalue weighted by atomic mass is 79.9. The number of carboxylic acids is 1. The maximum atomic E-state index is 12.2. The monoisotopic (exact) mass is 344 g/mol. The largest absolute Gasteiger partial charge is 0.481 e. The van der Waals surface area contributed by atoms with Crippen LogP contribution < -0.4 is 5.32 Å². The van der Waals surface area contributed by atoms with E-state index in [1.165, 1.54) is 0 Å². The van der Waals surface area contributed by atoms with Crippen LogP contribution in [0.3, 0.4) is 0 Å². The molecule has 0 bridgehead atoms. The average molecular weight is 345 g/mol. The van der Waals surface area contributed by atoms with E-state index in [4.69, 9.17) is 5.11 Å². The van der Waals surface area contributed by atoms with E-state index < -0.39 is 11.9 Å². The third-order valence-corrected chi connectivity index (χ3v) is 3.60. The number of rotatable bonds is 7. The zero-order valence-electron chi connectivity index (χ0n) is 12.0. The van der Waals surface area contributed by atoms with Gasteiger partial charge in [-0.25, -0.2) is 0 Å². The molecular weight excluding hydrogens is 324 g/mol. The van der Waals surface area contributed by atoms with Crippen LogP contribution in [-0.2, 0) is 11.3 Å². The molecule has 6 heteroatoms. The molecule has 2 N–H and O–H groups in total. The van der Waals surface area contributed by atoms with Gasteiger partial charge in [-0.2, -0.15) is 0 Å². The molecular formula is C14H21BrN2O3. The first-order chi connectivity index (χ1) is 9.36. The summed E-state index contributed by atoms with van der Waals surface area (Å²) in [4.78, 5) is 23.3. The minimum atomic E-state index is -0.884. The molecule has 0 aliphatic rings. The van der Waals surface area contributed by atoms with Gasteiger partial charge in [-0.1, -0.05) is 20.8 Å². The number of hydrogen-bond donors (Lipinski definition) is 2. The number of amides is 1. The molecule has 20 heavy (non-hydrogen) atoms. The van der Waals surface area contributed by atoms with E-state index in [-0.39, 0.29) is 18.4 Å². The summed E-state index contributed by atoms with van der Waals surface area (Å²) in [5, 5.41) is 11.8. The molecule has 1 aromatic heterocycles. The van der Waals surface area contributed by atoms with Crippen LogP contribution in [0.5, 0.6) is 0 Å². The summed E-state index contributed by atoms with van der Waals surface area (Å²) in [6.07, 6.45) is 2.78. The lowest BCUT2D eigenvalue weighted by Crippen LogP contribution is -2.36. The van der Waals surface area contributed by atoms with E-state index in [2.05, 4.69) is 21.2 Å². The number of hydrogen-bond acceptors (Lipinski definition) is 2. The minimum Gasteiger partial charge on any atom is -0.481 e. The quantitative estimate of drug-likeness (QED) is 0.798. The van der Waals surface area contributed by atoms with Crippen LogP contribution in [0.1, 0.15) is 37.7 Å². The second-order valence-electron chi connectivity index (χ2n) is 5.14. The molecule has 0 aromatic carbocycles. The molecule has 1 amide bonds. The van der Waals surface area contributed by atoms with Gasteiger partial charge >= 0.3 is 5.97 Å². The highest BCUT2D eigenvalue weighted by Crippen LogP contribution is 2.16. The lowest BCUT2D eigenvalue weighted by atomic mass is 9.96.